The first-order valence-electron chi connectivity index (χ1n) is 14.3. The van der Waals surface area contributed by atoms with Gasteiger partial charge in [-0.3, -0.25) is 28.9 Å². The molecule has 3 aliphatic rings. The summed E-state index contributed by atoms with van der Waals surface area (Å²) >= 11 is 0. The van der Waals surface area contributed by atoms with Crippen LogP contribution in [0.4, 0.5) is 0 Å². The molecule has 5 N–H and O–H groups in total. The van der Waals surface area contributed by atoms with Crippen molar-refractivity contribution in [1.29, 1.82) is 0 Å². The van der Waals surface area contributed by atoms with Gasteiger partial charge in [-0.15, -0.1) is 0 Å². The number of aliphatic hydroxyl groups is 1. The summed E-state index contributed by atoms with van der Waals surface area (Å²) in [6.07, 6.45) is 4.15. The number of nitrogens with zero attached hydrogens (tertiary/aromatic N) is 1. The lowest BCUT2D eigenvalue weighted by Crippen LogP contribution is -2.79. The number of phenols is 2. The Morgan fingerprint density at radius 3 is 2.34 bits per heavy atom. The Kier molecular flexibility index (Phi) is 7.33. The molecule has 0 spiro atoms. The number of aromatic hydroxyl groups is 2. The monoisotopic (exact) mass is 604 g/mol. The fraction of sp³-hybridized carbons (Fsp3) is 0.424. The number of likely N-dealkylation sites (N-methyl/N-ethyl adjacent to an activating group) is 1. The Labute approximate surface area is 254 Å². The fourth-order valence-electron chi connectivity index (χ4n) is 8.07. The second-order valence-electron chi connectivity index (χ2n) is 12.9. The van der Waals surface area contributed by atoms with Crippen LogP contribution in [-0.4, -0.2) is 82.1 Å². The number of hydrogen-bond donors (Lipinski definition) is 4. The third-order valence-electron chi connectivity index (χ3n) is 9.80. The van der Waals surface area contributed by atoms with Crippen molar-refractivity contribution in [2.24, 2.45) is 28.4 Å². The molecule has 0 heterocycles. The molecule has 1 amide bonds. The molecule has 5 rings (SSSR count). The maximum absolute atomic E-state index is 14.3. The normalized spacial score (nSPS) is 31.6. The van der Waals surface area contributed by atoms with E-state index in [0.717, 1.165) is 5.56 Å². The summed E-state index contributed by atoms with van der Waals surface area (Å²) < 4.78 is 5.17. The van der Waals surface area contributed by atoms with Crippen LogP contribution in [0.3, 0.4) is 0 Å². The van der Waals surface area contributed by atoms with Gasteiger partial charge in [0.2, 0.25) is 5.91 Å². The van der Waals surface area contributed by atoms with Crippen molar-refractivity contribution < 1.29 is 44.0 Å². The number of allylic oxidation sites excluding steroid dienone is 1. The van der Waals surface area contributed by atoms with E-state index in [9.17, 15) is 39.3 Å². The number of fused-ring (bicyclic) bond motifs is 3. The highest BCUT2D eigenvalue weighted by molar-refractivity contribution is 6.33. The number of ether oxygens (including phenoxy) is 1. The third-order valence-corrected chi connectivity index (χ3v) is 9.80. The standard InChI is InChI=1S/C33H36N2O9/c1-31-14-18-17(8-6-7-16-9-11-19(36)21(13-16)44-5)10-12-20(37)22(18)25(38)24(31)29(41)33(43)28(40)23(30(34)42)26(39)27(35(3)4)32(33,2)15-31/h6,8-13,23-24,27,36-37,43H,7,14-15H2,1-5H3,(H2,34,42)/b8-6-/t23?,24?,27-,31+,32+,33-/m1/s1. The predicted octanol–water partition coefficient (Wildman–Crippen LogP) is 1.62. The molecule has 2 unspecified atom stereocenters. The molecule has 11 heteroatoms. The molecular formula is C33H36N2O9. The van der Waals surface area contributed by atoms with Crippen LogP contribution in [0.25, 0.3) is 6.08 Å². The van der Waals surface area contributed by atoms with Crippen LogP contribution < -0.4 is 10.5 Å². The number of nitrogens with two attached hydrogens (primary N) is 1. The van der Waals surface area contributed by atoms with E-state index >= 15 is 0 Å². The lowest BCUT2D eigenvalue weighted by atomic mass is 9.42. The van der Waals surface area contributed by atoms with Gasteiger partial charge in [-0.1, -0.05) is 38.1 Å². The molecule has 11 nitrogen and oxygen atoms in total. The number of methoxy groups -OCH3 is 1. The SMILES string of the molecule is COc1cc(C/C=C\c2ccc(O)c3c2C[C@@]2(C)C[C@@]4(C)[C@H](N(C)C)C(=O)C(C(N)=O)C(=O)[C@@]4(O)C(=O)C2C3=O)ccc1O. The molecular weight excluding hydrogens is 568 g/mol. The molecule has 232 valence electrons. The van der Waals surface area contributed by atoms with Gasteiger partial charge in [0.1, 0.15) is 5.75 Å². The quantitative estimate of drug-likeness (QED) is 0.353. The Morgan fingerprint density at radius 2 is 1.73 bits per heavy atom. The molecule has 2 aromatic rings. The number of rotatable bonds is 6. The van der Waals surface area contributed by atoms with Crippen LogP contribution in [0.1, 0.15) is 47.3 Å². The third kappa shape index (κ3) is 4.21. The highest BCUT2D eigenvalue weighted by Gasteiger charge is 2.76. The van der Waals surface area contributed by atoms with E-state index in [2.05, 4.69) is 0 Å². The molecule has 2 saturated carbocycles. The topological polar surface area (TPSA) is 185 Å². The fourth-order valence-corrected chi connectivity index (χ4v) is 8.07. The van der Waals surface area contributed by atoms with Crippen LogP contribution in [0.5, 0.6) is 17.2 Å². The van der Waals surface area contributed by atoms with E-state index in [4.69, 9.17) is 10.5 Å². The first-order valence-corrected chi connectivity index (χ1v) is 14.3. The van der Waals surface area contributed by atoms with Gasteiger partial charge >= 0.3 is 0 Å². The molecule has 0 radical (unpaired) electrons. The van der Waals surface area contributed by atoms with Crippen molar-refractivity contribution in [3.8, 4) is 17.2 Å². The lowest BCUT2D eigenvalue weighted by Gasteiger charge is -2.61. The van der Waals surface area contributed by atoms with Gasteiger partial charge in [-0.05, 0) is 73.7 Å². The summed E-state index contributed by atoms with van der Waals surface area (Å²) in [4.78, 5) is 69.4. The van der Waals surface area contributed by atoms with E-state index in [0.29, 0.717) is 23.3 Å². The van der Waals surface area contributed by atoms with Gasteiger partial charge in [0.15, 0.2) is 46.2 Å². The van der Waals surface area contributed by atoms with Crippen molar-refractivity contribution in [2.75, 3.05) is 21.2 Å². The largest absolute Gasteiger partial charge is 0.507 e. The van der Waals surface area contributed by atoms with Crippen LogP contribution in [0.15, 0.2) is 36.4 Å². The van der Waals surface area contributed by atoms with Gasteiger partial charge in [0.25, 0.3) is 0 Å². The molecule has 3 aliphatic carbocycles. The molecule has 0 saturated heterocycles. The summed E-state index contributed by atoms with van der Waals surface area (Å²) in [6, 6.07) is 6.76. The number of carbonyl (C=O) groups is 5. The first kappa shape index (κ1) is 31.1. The molecule has 2 aromatic carbocycles. The van der Waals surface area contributed by atoms with Crippen molar-refractivity contribution in [3.05, 3.63) is 58.7 Å². The number of carbonyl (C=O) groups excluding carboxylic acids is 5. The van der Waals surface area contributed by atoms with Crippen LogP contribution in [-0.2, 0) is 32.0 Å². The van der Waals surface area contributed by atoms with E-state index in [1.54, 1.807) is 45.3 Å². The zero-order valence-corrected chi connectivity index (χ0v) is 25.2. The zero-order valence-electron chi connectivity index (χ0n) is 25.2. The van der Waals surface area contributed by atoms with Gasteiger partial charge in [0.05, 0.1) is 24.6 Å². The molecule has 2 fully saturated rings. The molecule has 0 aromatic heterocycles. The van der Waals surface area contributed by atoms with Crippen molar-refractivity contribution in [2.45, 2.75) is 44.8 Å². The average Bonchev–Trinajstić information content (AvgIpc) is 2.92. The maximum Gasteiger partial charge on any atom is 0.235 e. The minimum Gasteiger partial charge on any atom is -0.507 e. The number of phenolic OH excluding ortho intramolecular Hbond substituents is 2. The predicted molar refractivity (Wildman–Crippen MR) is 158 cm³/mol. The Bertz CT molecular complexity index is 1660. The summed E-state index contributed by atoms with van der Waals surface area (Å²) in [5.74, 6) is -8.79. The lowest BCUT2D eigenvalue weighted by molar-refractivity contribution is -0.203. The second-order valence-corrected chi connectivity index (χ2v) is 12.9. The van der Waals surface area contributed by atoms with Gasteiger partial charge in [0, 0.05) is 5.41 Å². The number of amides is 1. The van der Waals surface area contributed by atoms with Crippen molar-refractivity contribution in [3.63, 3.8) is 0 Å². The van der Waals surface area contributed by atoms with Crippen molar-refractivity contribution >= 4 is 35.1 Å². The van der Waals surface area contributed by atoms with E-state index in [1.807, 2.05) is 6.08 Å². The maximum atomic E-state index is 14.3. The van der Waals surface area contributed by atoms with Crippen LogP contribution >= 0.6 is 0 Å². The summed E-state index contributed by atoms with van der Waals surface area (Å²) in [5, 5.41) is 32.7. The minimum absolute atomic E-state index is 0.0137. The molecule has 0 bridgehead atoms. The van der Waals surface area contributed by atoms with Crippen LogP contribution in [0.2, 0.25) is 0 Å². The first-order chi connectivity index (χ1) is 20.5. The number of hydrogen-bond acceptors (Lipinski definition) is 10. The summed E-state index contributed by atoms with van der Waals surface area (Å²) in [5.41, 5.74) is 1.64. The molecule has 44 heavy (non-hydrogen) atoms. The van der Waals surface area contributed by atoms with E-state index < -0.39 is 63.3 Å². The van der Waals surface area contributed by atoms with Gasteiger partial charge < -0.3 is 25.8 Å². The van der Waals surface area contributed by atoms with Gasteiger partial charge in [-0.2, -0.15) is 0 Å². The Hall–Kier alpha value is -4.35. The number of ketones is 4. The Balaban J connectivity index is 1.60. The van der Waals surface area contributed by atoms with Crippen LogP contribution in [0, 0.1) is 22.7 Å². The highest BCUT2D eigenvalue weighted by Crippen LogP contribution is 2.61. The summed E-state index contributed by atoms with van der Waals surface area (Å²) in [7, 11) is 4.55. The smallest absolute Gasteiger partial charge is 0.235 e. The minimum atomic E-state index is -2.84. The number of Topliss-reactive ketones (excluding diaryl/α,β-unsaturated/α-hetero) is 4. The number of benzene rings is 2. The van der Waals surface area contributed by atoms with Crippen molar-refractivity contribution in [1.82, 2.24) is 4.90 Å². The van der Waals surface area contributed by atoms with Gasteiger partial charge in [-0.25, -0.2) is 0 Å². The molecule has 0 aliphatic heterocycles. The second kappa shape index (κ2) is 10.4. The van der Waals surface area contributed by atoms with E-state index in [-0.39, 0.29) is 29.9 Å². The summed E-state index contributed by atoms with van der Waals surface area (Å²) in [6.45, 7) is 3.18. The zero-order chi connectivity index (χ0) is 32.5. The average molecular weight is 605 g/mol. The highest BCUT2D eigenvalue weighted by atomic mass is 16.5. The molecule has 6 atom stereocenters. The van der Waals surface area contributed by atoms with E-state index in [1.165, 1.54) is 31.1 Å². The Morgan fingerprint density at radius 1 is 1.07 bits per heavy atom. The number of primary amides is 1.